The molecular formula is C20H22ClN5O2. The molecular weight excluding hydrogens is 378 g/mol. The molecule has 1 aliphatic heterocycles. The van der Waals surface area contributed by atoms with Gasteiger partial charge >= 0.3 is 5.69 Å². The Kier molecular flexibility index (Phi) is 4.42. The van der Waals surface area contributed by atoms with Gasteiger partial charge in [0.1, 0.15) is 0 Å². The Labute approximate surface area is 167 Å². The van der Waals surface area contributed by atoms with Crippen LogP contribution in [0, 0.1) is 12.8 Å². The molecule has 0 aliphatic carbocycles. The molecule has 0 saturated carbocycles. The van der Waals surface area contributed by atoms with Crippen molar-refractivity contribution in [2.24, 2.45) is 13.0 Å². The first kappa shape index (κ1) is 18.6. The third-order valence-corrected chi connectivity index (χ3v) is 5.69. The summed E-state index contributed by atoms with van der Waals surface area (Å²) in [7, 11) is 1.64. The SMILES string of the molecule is C=CCn1c(=O)c2c(nc3n2C[C@H](C)CN3c2cccc(Cl)c2C)n(C)c1=O. The van der Waals surface area contributed by atoms with Crippen LogP contribution in [0.4, 0.5) is 11.6 Å². The number of fused-ring (bicyclic) bond motifs is 3. The van der Waals surface area contributed by atoms with E-state index in [4.69, 9.17) is 16.6 Å². The topological polar surface area (TPSA) is 65.1 Å². The fraction of sp³-hybridized carbons (Fsp3) is 0.350. The van der Waals surface area contributed by atoms with Crippen LogP contribution in [-0.2, 0) is 20.1 Å². The quantitative estimate of drug-likeness (QED) is 0.635. The van der Waals surface area contributed by atoms with E-state index in [9.17, 15) is 9.59 Å². The highest BCUT2D eigenvalue weighted by Gasteiger charge is 2.30. The Morgan fingerprint density at radius 2 is 2.07 bits per heavy atom. The van der Waals surface area contributed by atoms with Crippen molar-refractivity contribution >= 4 is 34.4 Å². The van der Waals surface area contributed by atoms with Gasteiger partial charge in [0.15, 0.2) is 11.2 Å². The predicted octanol–water partition coefficient (Wildman–Crippen LogP) is 2.83. The van der Waals surface area contributed by atoms with Gasteiger partial charge in [0, 0.05) is 37.4 Å². The first-order chi connectivity index (χ1) is 13.3. The summed E-state index contributed by atoms with van der Waals surface area (Å²) in [6, 6.07) is 5.76. The van der Waals surface area contributed by atoms with Gasteiger partial charge in [-0.1, -0.05) is 30.7 Å². The average molecular weight is 400 g/mol. The summed E-state index contributed by atoms with van der Waals surface area (Å²) in [5, 5.41) is 0.680. The lowest BCUT2D eigenvalue weighted by atomic mass is 10.1. The van der Waals surface area contributed by atoms with Gasteiger partial charge in [0.05, 0.1) is 0 Å². The Morgan fingerprint density at radius 3 is 2.79 bits per heavy atom. The Morgan fingerprint density at radius 1 is 1.32 bits per heavy atom. The zero-order chi connectivity index (χ0) is 20.2. The number of anilines is 2. The zero-order valence-corrected chi connectivity index (χ0v) is 16.9. The minimum Gasteiger partial charge on any atom is -0.311 e. The number of hydrogen-bond donors (Lipinski definition) is 0. The highest BCUT2D eigenvalue weighted by molar-refractivity contribution is 6.31. The van der Waals surface area contributed by atoms with Gasteiger partial charge in [-0.15, -0.1) is 6.58 Å². The lowest BCUT2D eigenvalue weighted by molar-refractivity contribution is 0.457. The number of allylic oxidation sites excluding steroid dienone is 1. The first-order valence-corrected chi connectivity index (χ1v) is 9.56. The molecule has 28 heavy (non-hydrogen) atoms. The van der Waals surface area contributed by atoms with Crippen LogP contribution in [0.2, 0.25) is 5.02 Å². The van der Waals surface area contributed by atoms with E-state index < -0.39 is 5.69 Å². The smallest absolute Gasteiger partial charge is 0.311 e. The average Bonchev–Trinajstić information content (AvgIpc) is 3.04. The van der Waals surface area contributed by atoms with Gasteiger partial charge in [0.2, 0.25) is 5.95 Å². The van der Waals surface area contributed by atoms with Gasteiger partial charge in [0.25, 0.3) is 5.56 Å². The van der Waals surface area contributed by atoms with Crippen molar-refractivity contribution < 1.29 is 0 Å². The highest BCUT2D eigenvalue weighted by Crippen LogP contribution is 2.36. The molecule has 0 spiro atoms. The molecule has 0 saturated heterocycles. The Balaban J connectivity index is 2.05. The van der Waals surface area contributed by atoms with Crippen LogP contribution < -0.4 is 16.1 Å². The van der Waals surface area contributed by atoms with Crippen molar-refractivity contribution in [2.45, 2.75) is 26.9 Å². The predicted molar refractivity (Wildman–Crippen MR) is 112 cm³/mol. The van der Waals surface area contributed by atoms with Crippen molar-refractivity contribution in [2.75, 3.05) is 11.4 Å². The summed E-state index contributed by atoms with van der Waals surface area (Å²) in [6.07, 6.45) is 1.55. The maximum absolute atomic E-state index is 13.1. The maximum atomic E-state index is 13.1. The molecule has 0 fully saturated rings. The zero-order valence-electron chi connectivity index (χ0n) is 16.1. The van der Waals surface area contributed by atoms with E-state index in [-0.39, 0.29) is 18.0 Å². The van der Waals surface area contributed by atoms with Gasteiger partial charge in [-0.05, 0) is 30.5 Å². The second-order valence-electron chi connectivity index (χ2n) is 7.34. The normalized spacial score (nSPS) is 16.4. The number of imidazole rings is 1. The summed E-state index contributed by atoms with van der Waals surface area (Å²) in [6.45, 7) is 9.32. The van der Waals surface area contributed by atoms with Crippen LogP contribution >= 0.6 is 11.6 Å². The van der Waals surface area contributed by atoms with Crippen LogP contribution in [0.1, 0.15) is 12.5 Å². The number of aromatic nitrogens is 4. The molecule has 3 heterocycles. The lowest BCUT2D eigenvalue weighted by Gasteiger charge is -2.34. The Hall–Kier alpha value is -2.80. The molecule has 146 valence electrons. The molecule has 7 nitrogen and oxygen atoms in total. The fourth-order valence-electron chi connectivity index (χ4n) is 3.89. The summed E-state index contributed by atoms with van der Waals surface area (Å²) < 4.78 is 4.54. The number of rotatable bonds is 3. The maximum Gasteiger partial charge on any atom is 0.332 e. The van der Waals surface area contributed by atoms with Gasteiger partial charge in [-0.3, -0.25) is 13.9 Å². The molecule has 1 aliphatic rings. The summed E-state index contributed by atoms with van der Waals surface area (Å²) in [5.74, 6) is 0.940. The molecule has 1 aromatic carbocycles. The molecule has 0 N–H and O–H groups in total. The number of nitrogens with zero attached hydrogens (tertiary/aromatic N) is 5. The van der Waals surface area contributed by atoms with E-state index in [1.165, 1.54) is 9.13 Å². The lowest BCUT2D eigenvalue weighted by Crippen LogP contribution is -2.40. The fourth-order valence-corrected chi connectivity index (χ4v) is 4.06. The van der Waals surface area contributed by atoms with Crippen molar-refractivity contribution in [1.82, 2.24) is 18.7 Å². The third kappa shape index (κ3) is 2.61. The second-order valence-corrected chi connectivity index (χ2v) is 7.75. The third-order valence-electron chi connectivity index (χ3n) is 5.28. The molecule has 3 aromatic rings. The van der Waals surface area contributed by atoms with E-state index in [0.29, 0.717) is 28.7 Å². The molecule has 0 amide bonds. The first-order valence-electron chi connectivity index (χ1n) is 9.18. The standard InChI is InChI=1S/C20H22ClN5O2/c1-5-9-24-18(27)16-17(23(4)20(24)28)22-19-25(10-12(2)11-26(16)19)15-8-6-7-14(21)13(15)3/h5-8,12H,1,9-11H2,2-4H3/t12-/m1/s1. The molecule has 0 unspecified atom stereocenters. The van der Waals surface area contributed by atoms with E-state index in [2.05, 4.69) is 18.4 Å². The van der Waals surface area contributed by atoms with Crippen LogP contribution in [0.15, 0.2) is 40.4 Å². The number of hydrogen-bond acceptors (Lipinski definition) is 4. The molecule has 0 bridgehead atoms. The molecule has 8 heteroatoms. The van der Waals surface area contributed by atoms with Crippen molar-refractivity contribution in [3.8, 4) is 0 Å². The van der Waals surface area contributed by atoms with Crippen LogP contribution in [0.25, 0.3) is 11.2 Å². The van der Waals surface area contributed by atoms with Gasteiger partial charge in [-0.25, -0.2) is 4.79 Å². The van der Waals surface area contributed by atoms with E-state index in [0.717, 1.165) is 17.8 Å². The molecule has 1 atom stereocenters. The second kappa shape index (κ2) is 6.67. The summed E-state index contributed by atoms with van der Waals surface area (Å²) in [5.41, 5.74) is 2.00. The van der Waals surface area contributed by atoms with E-state index >= 15 is 0 Å². The minimum atomic E-state index is -0.397. The number of aryl methyl sites for hydroxylation is 1. The minimum absolute atomic E-state index is 0.161. The molecule has 4 rings (SSSR count). The highest BCUT2D eigenvalue weighted by atomic mass is 35.5. The molecule has 0 radical (unpaired) electrons. The van der Waals surface area contributed by atoms with E-state index in [1.54, 1.807) is 13.1 Å². The molecule has 2 aromatic heterocycles. The van der Waals surface area contributed by atoms with Crippen LogP contribution in [0.5, 0.6) is 0 Å². The van der Waals surface area contributed by atoms with Crippen LogP contribution in [-0.4, -0.2) is 25.2 Å². The van der Waals surface area contributed by atoms with Crippen molar-refractivity contribution in [3.63, 3.8) is 0 Å². The largest absolute Gasteiger partial charge is 0.332 e. The van der Waals surface area contributed by atoms with Crippen molar-refractivity contribution in [3.05, 3.63) is 62.3 Å². The Bertz CT molecular complexity index is 1220. The van der Waals surface area contributed by atoms with Gasteiger partial charge < -0.3 is 9.47 Å². The van der Waals surface area contributed by atoms with Crippen molar-refractivity contribution in [1.29, 1.82) is 0 Å². The monoisotopic (exact) mass is 399 g/mol. The summed E-state index contributed by atoms with van der Waals surface area (Å²) in [4.78, 5) is 32.5. The number of halogens is 1. The van der Waals surface area contributed by atoms with Gasteiger partial charge in [-0.2, -0.15) is 4.98 Å². The van der Waals surface area contributed by atoms with E-state index in [1.807, 2.05) is 29.7 Å². The summed E-state index contributed by atoms with van der Waals surface area (Å²) >= 11 is 6.34. The number of benzene rings is 1. The van der Waals surface area contributed by atoms with Crippen LogP contribution in [0.3, 0.4) is 0 Å².